The fourth-order valence-electron chi connectivity index (χ4n) is 3.38. The quantitative estimate of drug-likeness (QED) is 0.464. The molecule has 0 fully saturated rings. The van der Waals surface area contributed by atoms with Gasteiger partial charge in [0, 0.05) is 22.1 Å². The molecule has 0 aromatic heterocycles. The van der Waals surface area contributed by atoms with Crippen LogP contribution in [-0.4, -0.2) is 56.1 Å². The van der Waals surface area contributed by atoms with E-state index in [1.807, 2.05) is 27.7 Å². The number of benzene rings is 2. The van der Waals surface area contributed by atoms with Crippen LogP contribution in [0.1, 0.15) is 40.2 Å². The number of nitrogens with zero attached hydrogens (tertiary/aromatic N) is 2. The van der Waals surface area contributed by atoms with Crippen molar-refractivity contribution in [1.29, 1.82) is 0 Å². The summed E-state index contributed by atoms with van der Waals surface area (Å²) in [6.45, 7) is 8.85. The average molecular weight is 559 g/mol. The smallest absolute Gasteiger partial charge is 0.244 e. The van der Waals surface area contributed by atoms with E-state index in [2.05, 4.69) is 5.32 Å². The van der Waals surface area contributed by atoms with Gasteiger partial charge in [-0.15, -0.1) is 0 Å². The lowest BCUT2D eigenvalue weighted by atomic mass is 10.1. The van der Waals surface area contributed by atoms with Crippen LogP contribution in [0.2, 0.25) is 10.0 Å². The van der Waals surface area contributed by atoms with Gasteiger partial charge in [-0.3, -0.25) is 13.9 Å². The van der Waals surface area contributed by atoms with E-state index in [-0.39, 0.29) is 12.5 Å². The Morgan fingerprint density at radius 3 is 2.19 bits per heavy atom. The highest BCUT2D eigenvalue weighted by Gasteiger charge is 2.31. The number of rotatable bonds is 10. The van der Waals surface area contributed by atoms with Crippen molar-refractivity contribution >= 4 is 50.7 Å². The van der Waals surface area contributed by atoms with Gasteiger partial charge in [-0.2, -0.15) is 0 Å². The zero-order valence-electron chi connectivity index (χ0n) is 21.3. The molecule has 2 rings (SSSR count). The summed E-state index contributed by atoms with van der Waals surface area (Å²) in [4.78, 5) is 27.9. The van der Waals surface area contributed by atoms with Crippen molar-refractivity contribution in [3.8, 4) is 5.75 Å². The first kappa shape index (κ1) is 29.7. The number of carbonyl (C=O) groups is 2. The normalized spacial score (nSPS) is 12.6. The van der Waals surface area contributed by atoms with Crippen LogP contribution >= 0.6 is 23.2 Å². The van der Waals surface area contributed by atoms with Gasteiger partial charge in [-0.1, -0.05) is 29.3 Å². The molecule has 0 heterocycles. The molecule has 0 unspecified atom stereocenters. The molecule has 1 atom stereocenters. The molecule has 198 valence electrons. The van der Waals surface area contributed by atoms with Crippen LogP contribution in [0.5, 0.6) is 5.75 Å². The number of nitrogens with one attached hydrogen (secondary N) is 1. The van der Waals surface area contributed by atoms with Crippen molar-refractivity contribution in [3.63, 3.8) is 0 Å². The SMILES string of the molecule is CCOc1ccc(N(CC(=O)N(Cc2ccc(Cl)cc2Cl)[C@@H](C)C(=O)NC(C)(C)C)S(C)(=O)=O)cc1. The summed E-state index contributed by atoms with van der Waals surface area (Å²) in [6, 6.07) is 10.3. The van der Waals surface area contributed by atoms with Gasteiger partial charge in [0.05, 0.1) is 18.6 Å². The molecule has 0 aliphatic heterocycles. The van der Waals surface area contributed by atoms with Gasteiger partial charge < -0.3 is 15.0 Å². The number of carbonyl (C=O) groups excluding carboxylic acids is 2. The van der Waals surface area contributed by atoms with E-state index < -0.39 is 34.1 Å². The number of ether oxygens (including phenoxy) is 1. The zero-order valence-corrected chi connectivity index (χ0v) is 23.7. The molecule has 0 spiro atoms. The van der Waals surface area contributed by atoms with Gasteiger partial charge in [0.25, 0.3) is 0 Å². The second-order valence-electron chi connectivity index (χ2n) is 9.37. The summed E-state index contributed by atoms with van der Waals surface area (Å²) < 4.78 is 31.7. The van der Waals surface area contributed by atoms with Crippen LogP contribution in [-0.2, 0) is 26.2 Å². The highest BCUT2D eigenvalue weighted by molar-refractivity contribution is 7.92. The van der Waals surface area contributed by atoms with Gasteiger partial charge in [0.15, 0.2) is 0 Å². The maximum absolute atomic E-state index is 13.6. The van der Waals surface area contributed by atoms with E-state index in [1.54, 1.807) is 49.4 Å². The maximum Gasteiger partial charge on any atom is 0.244 e. The molecule has 0 saturated heterocycles. The Balaban J connectivity index is 2.42. The predicted molar refractivity (Wildman–Crippen MR) is 144 cm³/mol. The first-order chi connectivity index (χ1) is 16.6. The molecule has 0 aliphatic carbocycles. The molecular formula is C25H33Cl2N3O5S. The lowest BCUT2D eigenvalue weighted by molar-refractivity contribution is -0.140. The summed E-state index contributed by atoms with van der Waals surface area (Å²) in [7, 11) is -3.83. The summed E-state index contributed by atoms with van der Waals surface area (Å²) in [6.07, 6.45) is 1.02. The number of amides is 2. The third-order valence-corrected chi connectivity index (χ3v) is 6.86. The molecule has 0 bridgehead atoms. The molecule has 8 nitrogen and oxygen atoms in total. The molecule has 2 aromatic rings. The van der Waals surface area contributed by atoms with E-state index in [1.165, 1.54) is 4.90 Å². The lowest BCUT2D eigenvalue weighted by Gasteiger charge is -2.33. The maximum atomic E-state index is 13.6. The molecule has 11 heteroatoms. The second-order valence-corrected chi connectivity index (χ2v) is 12.1. The Morgan fingerprint density at radius 2 is 1.69 bits per heavy atom. The van der Waals surface area contributed by atoms with Crippen molar-refractivity contribution in [2.24, 2.45) is 0 Å². The molecule has 1 N–H and O–H groups in total. The van der Waals surface area contributed by atoms with Gasteiger partial charge in [0.2, 0.25) is 21.8 Å². The van der Waals surface area contributed by atoms with E-state index in [9.17, 15) is 18.0 Å². The fraction of sp³-hybridized carbons (Fsp3) is 0.440. The molecule has 0 saturated carbocycles. The summed E-state index contributed by atoms with van der Waals surface area (Å²) >= 11 is 12.4. The number of hydrogen-bond acceptors (Lipinski definition) is 5. The van der Waals surface area contributed by atoms with Crippen LogP contribution in [0.4, 0.5) is 5.69 Å². The Kier molecular flexibility index (Phi) is 10.0. The standard InChI is InChI=1S/C25H33Cl2N3O5S/c1-7-35-21-12-10-20(11-13-21)30(36(6,33)34)16-23(31)29(17(2)24(32)28-25(3,4)5)15-18-8-9-19(26)14-22(18)27/h8-14,17H,7,15-16H2,1-6H3,(H,28,32)/t17-/m0/s1. The summed E-state index contributed by atoms with van der Waals surface area (Å²) in [5.74, 6) is -0.377. The molecule has 0 aliphatic rings. The third kappa shape index (κ3) is 8.57. The van der Waals surface area contributed by atoms with Gasteiger partial charge in [0.1, 0.15) is 18.3 Å². The molecular weight excluding hydrogens is 525 g/mol. The Labute approximate surface area is 223 Å². The molecule has 0 radical (unpaired) electrons. The van der Waals surface area contributed by atoms with E-state index in [0.29, 0.717) is 33.7 Å². The lowest BCUT2D eigenvalue weighted by Crippen LogP contribution is -2.54. The topological polar surface area (TPSA) is 96.0 Å². The summed E-state index contributed by atoms with van der Waals surface area (Å²) in [5, 5.41) is 3.62. The minimum absolute atomic E-state index is 0.0194. The van der Waals surface area contributed by atoms with Crippen molar-refractivity contribution in [3.05, 3.63) is 58.1 Å². The first-order valence-corrected chi connectivity index (χ1v) is 14.0. The Bertz CT molecular complexity index is 1180. The van der Waals surface area contributed by atoms with E-state index >= 15 is 0 Å². The average Bonchev–Trinajstić information content (AvgIpc) is 2.75. The van der Waals surface area contributed by atoms with E-state index in [4.69, 9.17) is 27.9 Å². The van der Waals surface area contributed by atoms with Gasteiger partial charge in [-0.05, 0) is 76.6 Å². The van der Waals surface area contributed by atoms with Crippen LogP contribution in [0.15, 0.2) is 42.5 Å². The Hall–Kier alpha value is -2.49. The minimum Gasteiger partial charge on any atom is -0.494 e. The second kappa shape index (κ2) is 12.2. The molecule has 2 aromatic carbocycles. The monoisotopic (exact) mass is 557 g/mol. The largest absolute Gasteiger partial charge is 0.494 e. The highest BCUT2D eigenvalue weighted by Crippen LogP contribution is 2.25. The van der Waals surface area contributed by atoms with Crippen molar-refractivity contribution < 1.29 is 22.7 Å². The highest BCUT2D eigenvalue weighted by atomic mass is 35.5. The zero-order chi connectivity index (χ0) is 27.3. The van der Waals surface area contributed by atoms with Crippen LogP contribution < -0.4 is 14.4 Å². The number of anilines is 1. The van der Waals surface area contributed by atoms with Crippen molar-refractivity contribution in [2.75, 3.05) is 23.7 Å². The van der Waals surface area contributed by atoms with Crippen molar-refractivity contribution in [2.45, 2.75) is 52.7 Å². The fourth-order valence-corrected chi connectivity index (χ4v) is 4.70. The van der Waals surface area contributed by atoms with E-state index in [0.717, 1.165) is 10.6 Å². The summed E-state index contributed by atoms with van der Waals surface area (Å²) in [5.41, 5.74) is 0.335. The first-order valence-electron chi connectivity index (χ1n) is 11.4. The third-order valence-electron chi connectivity index (χ3n) is 5.14. The number of halogens is 2. The number of sulfonamides is 1. The van der Waals surface area contributed by atoms with Gasteiger partial charge >= 0.3 is 0 Å². The van der Waals surface area contributed by atoms with Crippen LogP contribution in [0.3, 0.4) is 0 Å². The Morgan fingerprint density at radius 1 is 1.08 bits per heavy atom. The van der Waals surface area contributed by atoms with Crippen molar-refractivity contribution in [1.82, 2.24) is 10.2 Å². The van der Waals surface area contributed by atoms with Crippen LogP contribution in [0.25, 0.3) is 0 Å². The van der Waals surface area contributed by atoms with Gasteiger partial charge in [-0.25, -0.2) is 8.42 Å². The number of hydrogen-bond donors (Lipinski definition) is 1. The minimum atomic E-state index is -3.83. The molecule has 36 heavy (non-hydrogen) atoms. The predicted octanol–water partition coefficient (Wildman–Crippen LogP) is 4.49. The van der Waals surface area contributed by atoms with Crippen LogP contribution in [0, 0.1) is 0 Å². The molecule has 2 amide bonds.